The summed E-state index contributed by atoms with van der Waals surface area (Å²) < 4.78 is 53.9. The van der Waals surface area contributed by atoms with Crippen molar-refractivity contribution in [2.24, 2.45) is 0 Å². The minimum absolute atomic E-state index is 0.178. The van der Waals surface area contributed by atoms with Gasteiger partial charge in [0.05, 0.1) is 24.4 Å². The zero-order valence-electron chi connectivity index (χ0n) is 20.8. The highest BCUT2D eigenvalue weighted by Crippen LogP contribution is 2.74. The molecule has 0 aromatic heterocycles. The van der Waals surface area contributed by atoms with Crippen LogP contribution in [-0.4, -0.2) is 29.3 Å². The Balaban J connectivity index is 1.57. The molecule has 34 heavy (non-hydrogen) atoms. The lowest BCUT2D eigenvalue weighted by Crippen LogP contribution is -2.27. The van der Waals surface area contributed by atoms with E-state index in [-0.39, 0.29) is 24.4 Å². The number of halogens is 1. The normalized spacial score (nSPS) is 25.7. The molecule has 4 fully saturated rings. The highest BCUT2D eigenvalue weighted by atomic mass is 35.5. The van der Waals surface area contributed by atoms with E-state index >= 15 is 0 Å². The fraction of sp³-hybridized carbons (Fsp3) is 1.00. The second-order valence-electron chi connectivity index (χ2n) is 10.9. The minimum atomic E-state index is -3.95. The van der Waals surface area contributed by atoms with Crippen molar-refractivity contribution in [3.63, 3.8) is 0 Å². The Morgan fingerprint density at radius 2 is 0.647 bits per heavy atom. The average Bonchev–Trinajstić information content (AvgIpc) is 2.86. The lowest BCUT2D eigenvalue weighted by atomic mass is 9.98. The summed E-state index contributed by atoms with van der Waals surface area (Å²) in [4.78, 5) is -1.42. The van der Waals surface area contributed by atoms with Gasteiger partial charge >= 0.3 is 15.2 Å². The summed E-state index contributed by atoms with van der Waals surface area (Å²) in [7, 11) is -7.90. The molecule has 0 atom stereocenters. The molecule has 198 valence electrons. The molecule has 0 spiro atoms. The molecule has 0 unspecified atom stereocenters. The van der Waals surface area contributed by atoms with Gasteiger partial charge in [-0.3, -0.25) is 9.13 Å². The lowest BCUT2D eigenvalue weighted by Gasteiger charge is -2.37. The zero-order chi connectivity index (χ0) is 23.9. The summed E-state index contributed by atoms with van der Waals surface area (Å²) in [6.07, 6.45) is 18.9. The SMILES string of the molecule is O=P(OC1CCCCC1)(OC1CCCCC1)C(Cl)P(=O)(OC1CCCCC1)OC1CCCCC1. The molecule has 4 rings (SSSR count). The van der Waals surface area contributed by atoms with E-state index in [1.54, 1.807) is 0 Å². The van der Waals surface area contributed by atoms with Gasteiger partial charge in [-0.05, 0) is 51.4 Å². The lowest BCUT2D eigenvalue weighted by molar-refractivity contribution is 0.0679. The molecule has 6 nitrogen and oxygen atoms in total. The highest BCUT2D eigenvalue weighted by molar-refractivity contribution is 7.75. The molecular weight excluding hydrogens is 494 g/mol. The van der Waals surface area contributed by atoms with Crippen molar-refractivity contribution in [1.29, 1.82) is 0 Å². The topological polar surface area (TPSA) is 71.1 Å². The molecule has 0 aromatic rings. The van der Waals surface area contributed by atoms with Crippen LogP contribution in [0.1, 0.15) is 128 Å². The molecule has 4 aliphatic rings. The van der Waals surface area contributed by atoms with Gasteiger partial charge in [-0.15, -0.1) is 0 Å². The van der Waals surface area contributed by atoms with Gasteiger partial charge in [0.1, 0.15) is 0 Å². The van der Waals surface area contributed by atoms with Crippen LogP contribution in [0.25, 0.3) is 0 Å². The Bertz CT molecular complexity index is 592. The van der Waals surface area contributed by atoms with Crippen LogP contribution in [0.4, 0.5) is 0 Å². The van der Waals surface area contributed by atoms with E-state index in [1.807, 2.05) is 0 Å². The van der Waals surface area contributed by atoms with Gasteiger partial charge in [0, 0.05) is 0 Å². The first kappa shape index (κ1) is 27.6. The summed E-state index contributed by atoms with van der Waals surface area (Å²) in [5.74, 6) is 0. The van der Waals surface area contributed by atoms with Gasteiger partial charge in [-0.1, -0.05) is 88.7 Å². The van der Waals surface area contributed by atoms with Crippen LogP contribution in [0.3, 0.4) is 0 Å². The van der Waals surface area contributed by atoms with E-state index < -0.39 is 20.1 Å². The summed E-state index contributed by atoms with van der Waals surface area (Å²) in [5.41, 5.74) is 0. The predicted octanol–water partition coefficient (Wildman–Crippen LogP) is 9.29. The predicted molar refractivity (Wildman–Crippen MR) is 137 cm³/mol. The second kappa shape index (κ2) is 13.4. The van der Waals surface area contributed by atoms with Crippen LogP contribution in [0.5, 0.6) is 0 Å². The third kappa shape index (κ3) is 7.80. The van der Waals surface area contributed by atoms with Crippen LogP contribution in [0.15, 0.2) is 0 Å². The summed E-state index contributed by atoms with van der Waals surface area (Å²) in [5, 5.41) is 0. The van der Waals surface area contributed by atoms with E-state index in [1.165, 1.54) is 0 Å². The van der Waals surface area contributed by atoms with Crippen LogP contribution >= 0.6 is 26.8 Å². The molecule has 0 saturated heterocycles. The highest BCUT2D eigenvalue weighted by Gasteiger charge is 2.54. The Labute approximate surface area is 211 Å². The first-order chi connectivity index (χ1) is 16.5. The van der Waals surface area contributed by atoms with Crippen LogP contribution in [-0.2, 0) is 27.2 Å². The van der Waals surface area contributed by atoms with Gasteiger partial charge in [0.2, 0.25) is 4.86 Å². The molecule has 0 bridgehead atoms. The molecular formula is C25H45ClO6P2. The molecule has 4 aliphatic carbocycles. The maximum atomic E-state index is 14.5. The van der Waals surface area contributed by atoms with Gasteiger partial charge in [0.15, 0.2) is 0 Å². The first-order valence-electron chi connectivity index (χ1n) is 14.0. The van der Waals surface area contributed by atoms with Gasteiger partial charge in [0.25, 0.3) is 0 Å². The average molecular weight is 539 g/mol. The van der Waals surface area contributed by atoms with Crippen molar-refractivity contribution < 1.29 is 27.2 Å². The maximum absolute atomic E-state index is 14.5. The zero-order valence-corrected chi connectivity index (χ0v) is 23.3. The Morgan fingerprint density at radius 1 is 0.441 bits per heavy atom. The number of hydrogen-bond acceptors (Lipinski definition) is 6. The number of hydrogen-bond donors (Lipinski definition) is 0. The van der Waals surface area contributed by atoms with E-state index in [9.17, 15) is 9.13 Å². The Kier molecular flexibility index (Phi) is 10.9. The van der Waals surface area contributed by atoms with Crippen LogP contribution < -0.4 is 0 Å². The standard InChI is InChI=1S/C25H45ClO6P2/c26-25(33(27,29-21-13-5-1-6-14-21)30-22-15-7-2-8-16-22)34(28,31-23-17-9-3-10-18-23)32-24-19-11-4-12-20-24/h21-25H,1-20H2. The molecule has 0 heterocycles. The monoisotopic (exact) mass is 538 g/mol. The van der Waals surface area contributed by atoms with Gasteiger partial charge in [-0.2, -0.15) is 0 Å². The third-order valence-corrected chi connectivity index (χ3v) is 14.5. The first-order valence-corrected chi connectivity index (χ1v) is 17.7. The number of rotatable bonds is 10. The van der Waals surface area contributed by atoms with Crippen molar-refractivity contribution in [1.82, 2.24) is 0 Å². The largest absolute Gasteiger partial charge is 0.361 e. The molecule has 4 saturated carbocycles. The molecule has 9 heteroatoms. The van der Waals surface area contributed by atoms with E-state index in [4.69, 9.17) is 29.7 Å². The van der Waals surface area contributed by atoms with Crippen molar-refractivity contribution in [2.45, 2.75) is 158 Å². The van der Waals surface area contributed by atoms with Gasteiger partial charge < -0.3 is 18.1 Å². The van der Waals surface area contributed by atoms with Crippen molar-refractivity contribution in [3.05, 3.63) is 0 Å². The molecule has 0 aliphatic heterocycles. The summed E-state index contributed by atoms with van der Waals surface area (Å²) in [6, 6.07) is 0. The van der Waals surface area contributed by atoms with E-state index in [2.05, 4.69) is 0 Å². The van der Waals surface area contributed by atoms with Crippen LogP contribution in [0.2, 0.25) is 0 Å². The van der Waals surface area contributed by atoms with Crippen LogP contribution in [0, 0.1) is 0 Å². The molecule has 0 radical (unpaired) electrons. The van der Waals surface area contributed by atoms with E-state index in [0.29, 0.717) is 0 Å². The van der Waals surface area contributed by atoms with Crippen molar-refractivity contribution >= 4 is 26.8 Å². The summed E-state index contributed by atoms with van der Waals surface area (Å²) in [6.45, 7) is 0. The number of alkyl halides is 1. The third-order valence-electron chi connectivity index (χ3n) is 7.91. The molecule has 0 N–H and O–H groups in total. The van der Waals surface area contributed by atoms with Crippen molar-refractivity contribution in [2.75, 3.05) is 0 Å². The minimum Gasteiger partial charge on any atom is -0.304 e. The molecule has 0 amide bonds. The fourth-order valence-corrected chi connectivity index (χ4v) is 11.5. The second-order valence-corrected chi connectivity index (χ2v) is 16.3. The Hall–Kier alpha value is 0.590. The fourth-order valence-electron chi connectivity index (χ4n) is 5.94. The molecule has 0 aromatic carbocycles. The van der Waals surface area contributed by atoms with Crippen molar-refractivity contribution in [3.8, 4) is 0 Å². The Morgan fingerprint density at radius 3 is 0.853 bits per heavy atom. The maximum Gasteiger partial charge on any atom is 0.361 e. The summed E-state index contributed by atoms with van der Waals surface area (Å²) >= 11 is 6.95. The smallest absolute Gasteiger partial charge is 0.304 e. The quantitative estimate of drug-likeness (QED) is 0.204. The van der Waals surface area contributed by atoms with E-state index in [0.717, 1.165) is 128 Å². The van der Waals surface area contributed by atoms with Gasteiger partial charge in [-0.25, -0.2) is 0 Å².